The second-order valence-electron chi connectivity index (χ2n) is 5.35. The van der Waals surface area contributed by atoms with Crippen LogP contribution in [-0.4, -0.2) is 29.5 Å². The minimum atomic E-state index is 0.782. The van der Waals surface area contributed by atoms with E-state index >= 15 is 0 Å². The molecule has 0 atom stereocenters. The lowest BCUT2D eigenvalue weighted by Crippen LogP contribution is -2.38. The molecule has 1 aromatic heterocycles. The fourth-order valence-electron chi connectivity index (χ4n) is 2.25. The van der Waals surface area contributed by atoms with E-state index in [4.69, 9.17) is 0 Å². The number of nitrogens with zero attached hydrogens (tertiary/aromatic N) is 3. The van der Waals surface area contributed by atoms with Gasteiger partial charge in [-0.25, -0.2) is 0 Å². The molecule has 2 aromatic rings. The van der Waals surface area contributed by atoms with Gasteiger partial charge in [0.05, 0.1) is 6.54 Å². The van der Waals surface area contributed by atoms with Crippen LogP contribution in [0, 0.1) is 6.92 Å². The molecule has 0 aliphatic heterocycles. The Kier molecular flexibility index (Phi) is 5.04. The van der Waals surface area contributed by atoms with Crippen LogP contribution in [0.3, 0.4) is 0 Å². The summed E-state index contributed by atoms with van der Waals surface area (Å²) in [5.74, 6) is 0.900. The number of aromatic nitrogens is 1. The molecule has 1 aromatic carbocycles. The SMILES string of the molecule is CN=C(NCc1ccc(C)cc1)N(C)Cc1cccn1C. The van der Waals surface area contributed by atoms with Crippen molar-refractivity contribution in [1.29, 1.82) is 0 Å². The van der Waals surface area contributed by atoms with Crippen molar-refractivity contribution in [3.63, 3.8) is 0 Å². The van der Waals surface area contributed by atoms with Crippen molar-refractivity contribution in [2.75, 3.05) is 14.1 Å². The van der Waals surface area contributed by atoms with E-state index in [0.29, 0.717) is 0 Å². The minimum Gasteiger partial charge on any atom is -0.353 e. The van der Waals surface area contributed by atoms with Crippen molar-refractivity contribution in [2.45, 2.75) is 20.0 Å². The summed E-state index contributed by atoms with van der Waals surface area (Å²) in [5, 5.41) is 3.40. The molecule has 0 amide bonds. The highest BCUT2D eigenvalue weighted by Crippen LogP contribution is 2.05. The highest BCUT2D eigenvalue weighted by atomic mass is 15.3. The molecule has 0 saturated heterocycles. The second kappa shape index (κ2) is 6.97. The Morgan fingerprint density at radius 1 is 1.24 bits per heavy atom. The Bertz CT molecular complexity index is 596. The van der Waals surface area contributed by atoms with Crippen LogP contribution in [-0.2, 0) is 20.1 Å². The number of aliphatic imine (C=N–C) groups is 1. The maximum absolute atomic E-state index is 4.35. The molecular formula is C17H24N4. The van der Waals surface area contributed by atoms with Crippen LogP contribution in [0.25, 0.3) is 0 Å². The van der Waals surface area contributed by atoms with E-state index in [2.05, 4.69) is 83.4 Å². The van der Waals surface area contributed by atoms with Gasteiger partial charge in [0.2, 0.25) is 0 Å². The number of hydrogen-bond acceptors (Lipinski definition) is 1. The van der Waals surface area contributed by atoms with Crippen LogP contribution >= 0.6 is 0 Å². The van der Waals surface area contributed by atoms with Gasteiger partial charge in [-0.15, -0.1) is 0 Å². The van der Waals surface area contributed by atoms with Crippen molar-refractivity contribution in [3.05, 3.63) is 59.4 Å². The number of guanidine groups is 1. The fraction of sp³-hybridized carbons (Fsp3) is 0.353. The Morgan fingerprint density at radius 2 is 1.95 bits per heavy atom. The molecule has 112 valence electrons. The van der Waals surface area contributed by atoms with Crippen molar-refractivity contribution in [3.8, 4) is 0 Å². The summed E-state index contributed by atoms with van der Waals surface area (Å²) in [7, 11) is 5.93. The first kappa shape index (κ1) is 15.2. The summed E-state index contributed by atoms with van der Waals surface area (Å²) >= 11 is 0. The van der Waals surface area contributed by atoms with Gasteiger partial charge in [-0.3, -0.25) is 4.99 Å². The lowest BCUT2D eigenvalue weighted by molar-refractivity contribution is 0.461. The third kappa shape index (κ3) is 4.12. The van der Waals surface area contributed by atoms with Crippen LogP contribution in [0.1, 0.15) is 16.8 Å². The van der Waals surface area contributed by atoms with Gasteiger partial charge in [0, 0.05) is 39.6 Å². The third-order valence-electron chi connectivity index (χ3n) is 3.60. The molecule has 0 spiro atoms. The van der Waals surface area contributed by atoms with Crippen molar-refractivity contribution in [2.24, 2.45) is 12.0 Å². The Balaban J connectivity index is 1.93. The zero-order valence-electron chi connectivity index (χ0n) is 13.3. The Labute approximate surface area is 127 Å². The zero-order valence-corrected chi connectivity index (χ0v) is 13.3. The molecule has 1 N–H and O–H groups in total. The summed E-state index contributed by atoms with van der Waals surface area (Å²) in [4.78, 5) is 6.48. The van der Waals surface area contributed by atoms with E-state index in [1.807, 2.05) is 7.05 Å². The third-order valence-corrected chi connectivity index (χ3v) is 3.60. The van der Waals surface area contributed by atoms with Gasteiger partial charge in [0.15, 0.2) is 5.96 Å². The molecule has 1 heterocycles. The van der Waals surface area contributed by atoms with E-state index in [9.17, 15) is 0 Å². The molecule has 2 rings (SSSR count). The molecule has 0 saturated carbocycles. The molecule has 0 radical (unpaired) electrons. The highest BCUT2D eigenvalue weighted by Gasteiger charge is 2.08. The van der Waals surface area contributed by atoms with E-state index in [-0.39, 0.29) is 0 Å². The minimum absolute atomic E-state index is 0.782. The molecule has 0 aliphatic rings. The van der Waals surface area contributed by atoms with Gasteiger partial charge in [0.1, 0.15) is 0 Å². The number of hydrogen-bond donors (Lipinski definition) is 1. The number of aryl methyl sites for hydroxylation is 2. The Hall–Kier alpha value is -2.23. The molecule has 0 fully saturated rings. The zero-order chi connectivity index (χ0) is 15.2. The predicted octanol–water partition coefficient (Wildman–Crippen LogP) is 2.54. The summed E-state index contributed by atoms with van der Waals surface area (Å²) in [5.41, 5.74) is 3.80. The van der Waals surface area contributed by atoms with E-state index in [1.165, 1.54) is 16.8 Å². The topological polar surface area (TPSA) is 32.6 Å². The largest absolute Gasteiger partial charge is 0.353 e. The van der Waals surface area contributed by atoms with Crippen molar-refractivity contribution >= 4 is 5.96 Å². The van der Waals surface area contributed by atoms with Crippen LogP contribution < -0.4 is 5.32 Å². The van der Waals surface area contributed by atoms with Crippen LogP contribution in [0.2, 0.25) is 0 Å². The molecule has 0 aliphatic carbocycles. The maximum Gasteiger partial charge on any atom is 0.194 e. The average Bonchev–Trinajstić information content (AvgIpc) is 2.87. The molecule has 4 heteroatoms. The predicted molar refractivity (Wildman–Crippen MR) is 88.3 cm³/mol. The molecule has 21 heavy (non-hydrogen) atoms. The molecule has 0 unspecified atom stereocenters. The average molecular weight is 284 g/mol. The summed E-state index contributed by atoms with van der Waals surface area (Å²) in [6, 6.07) is 12.7. The summed E-state index contributed by atoms with van der Waals surface area (Å²) in [6.45, 7) is 3.71. The van der Waals surface area contributed by atoms with Gasteiger partial charge in [-0.1, -0.05) is 29.8 Å². The standard InChI is InChI=1S/C17H24N4/c1-14-7-9-15(10-8-14)12-19-17(18-2)21(4)13-16-6-5-11-20(16)3/h5-11H,12-13H2,1-4H3,(H,18,19). The van der Waals surface area contributed by atoms with Gasteiger partial charge in [0.25, 0.3) is 0 Å². The summed E-state index contributed by atoms with van der Waals surface area (Å²) < 4.78 is 2.13. The lowest BCUT2D eigenvalue weighted by atomic mass is 10.1. The van der Waals surface area contributed by atoms with Gasteiger partial charge < -0.3 is 14.8 Å². The normalized spacial score (nSPS) is 11.5. The molecule has 4 nitrogen and oxygen atoms in total. The van der Waals surface area contributed by atoms with Gasteiger partial charge in [-0.2, -0.15) is 0 Å². The first-order valence-electron chi connectivity index (χ1n) is 7.17. The van der Waals surface area contributed by atoms with E-state index < -0.39 is 0 Å². The number of benzene rings is 1. The van der Waals surface area contributed by atoms with Crippen LogP contribution in [0.4, 0.5) is 0 Å². The first-order chi connectivity index (χ1) is 10.1. The van der Waals surface area contributed by atoms with Crippen molar-refractivity contribution in [1.82, 2.24) is 14.8 Å². The van der Waals surface area contributed by atoms with Crippen LogP contribution in [0.15, 0.2) is 47.6 Å². The molecule has 0 bridgehead atoms. The monoisotopic (exact) mass is 284 g/mol. The first-order valence-corrected chi connectivity index (χ1v) is 7.17. The smallest absolute Gasteiger partial charge is 0.194 e. The van der Waals surface area contributed by atoms with Crippen molar-refractivity contribution < 1.29 is 0 Å². The second-order valence-corrected chi connectivity index (χ2v) is 5.35. The van der Waals surface area contributed by atoms with Crippen LogP contribution in [0.5, 0.6) is 0 Å². The van der Waals surface area contributed by atoms with E-state index in [1.54, 1.807) is 0 Å². The number of nitrogens with one attached hydrogen (secondary N) is 1. The highest BCUT2D eigenvalue weighted by molar-refractivity contribution is 5.79. The summed E-state index contributed by atoms with van der Waals surface area (Å²) in [6.07, 6.45) is 2.06. The van der Waals surface area contributed by atoms with Gasteiger partial charge >= 0.3 is 0 Å². The molecular weight excluding hydrogens is 260 g/mol. The maximum atomic E-state index is 4.35. The fourth-order valence-corrected chi connectivity index (χ4v) is 2.25. The van der Waals surface area contributed by atoms with E-state index in [0.717, 1.165) is 19.0 Å². The van der Waals surface area contributed by atoms with Gasteiger partial charge in [-0.05, 0) is 24.6 Å². The lowest BCUT2D eigenvalue weighted by Gasteiger charge is -2.22. The quantitative estimate of drug-likeness (QED) is 0.691. The Morgan fingerprint density at radius 3 is 2.52 bits per heavy atom. The number of rotatable bonds is 4.